The normalized spacial score (nSPS) is 16.0. The van der Waals surface area contributed by atoms with Crippen LogP contribution in [0, 0.1) is 0 Å². The standard InChI is InChI=1S/C17H20N2O/c1-13(18)14-7-9-15(10-8-14)19-11-4-12-20-17-6-3-2-5-16(17)19/h2-3,5-10,13H,4,11-12,18H2,1H3/t13-/m0/s1. The molecule has 0 saturated carbocycles. The molecule has 1 aliphatic heterocycles. The van der Waals surface area contributed by atoms with Gasteiger partial charge in [0.2, 0.25) is 0 Å². The fourth-order valence-corrected chi connectivity index (χ4v) is 2.55. The molecule has 2 aromatic carbocycles. The average Bonchev–Trinajstić information content (AvgIpc) is 2.69. The lowest BCUT2D eigenvalue weighted by Gasteiger charge is -2.24. The van der Waals surface area contributed by atoms with Gasteiger partial charge in [0.25, 0.3) is 0 Å². The van der Waals surface area contributed by atoms with Gasteiger partial charge in [0, 0.05) is 18.3 Å². The summed E-state index contributed by atoms with van der Waals surface area (Å²) in [6.45, 7) is 3.74. The molecule has 0 saturated heterocycles. The first kappa shape index (κ1) is 13.0. The quantitative estimate of drug-likeness (QED) is 0.904. The smallest absolute Gasteiger partial charge is 0.142 e. The fourth-order valence-electron chi connectivity index (χ4n) is 2.55. The zero-order valence-corrected chi connectivity index (χ0v) is 11.8. The third-order valence-corrected chi connectivity index (χ3v) is 3.67. The molecule has 1 aliphatic rings. The van der Waals surface area contributed by atoms with Gasteiger partial charge in [-0.2, -0.15) is 0 Å². The van der Waals surface area contributed by atoms with E-state index in [0.29, 0.717) is 0 Å². The molecule has 1 atom stereocenters. The molecule has 0 amide bonds. The molecule has 104 valence electrons. The summed E-state index contributed by atoms with van der Waals surface area (Å²) >= 11 is 0. The number of rotatable bonds is 2. The molecule has 0 aliphatic carbocycles. The maximum atomic E-state index is 5.91. The first-order valence-electron chi connectivity index (χ1n) is 7.10. The van der Waals surface area contributed by atoms with Crippen LogP contribution < -0.4 is 15.4 Å². The van der Waals surface area contributed by atoms with Crippen LogP contribution in [0.15, 0.2) is 48.5 Å². The summed E-state index contributed by atoms with van der Waals surface area (Å²) in [5.41, 5.74) is 9.40. The van der Waals surface area contributed by atoms with Crippen molar-refractivity contribution in [3.63, 3.8) is 0 Å². The molecule has 0 bridgehead atoms. The van der Waals surface area contributed by atoms with E-state index in [2.05, 4.69) is 41.3 Å². The Hall–Kier alpha value is -2.00. The number of ether oxygens (including phenoxy) is 1. The van der Waals surface area contributed by atoms with Crippen molar-refractivity contribution >= 4 is 11.4 Å². The Morgan fingerprint density at radius 3 is 2.60 bits per heavy atom. The zero-order valence-electron chi connectivity index (χ0n) is 11.8. The summed E-state index contributed by atoms with van der Waals surface area (Å²) in [5.74, 6) is 0.960. The van der Waals surface area contributed by atoms with Crippen molar-refractivity contribution in [3.05, 3.63) is 54.1 Å². The molecule has 3 heteroatoms. The number of nitrogens with two attached hydrogens (primary N) is 1. The highest BCUT2D eigenvalue weighted by Gasteiger charge is 2.17. The number of hydrogen-bond acceptors (Lipinski definition) is 3. The molecule has 2 aromatic rings. The maximum absolute atomic E-state index is 5.91. The second-order valence-electron chi connectivity index (χ2n) is 5.20. The summed E-state index contributed by atoms with van der Waals surface area (Å²) in [5, 5.41) is 0. The summed E-state index contributed by atoms with van der Waals surface area (Å²) < 4.78 is 5.80. The van der Waals surface area contributed by atoms with Crippen molar-refractivity contribution in [2.75, 3.05) is 18.1 Å². The van der Waals surface area contributed by atoms with Gasteiger partial charge < -0.3 is 15.4 Å². The molecule has 0 fully saturated rings. The number of benzene rings is 2. The van der Waals surface area contributed by atoms with E-state index >= 15 is 0 Å². The van der Waals surface area contributed by atoms with Crippen LogP contribution in [0.3, 0.4) is 0 Å². The van der Waals surface area contributed by atoms with Gasteiger partial charge in [0.05, 0.1) is 12.3 Å². The van der Waals surface area contributed by atoms with Crippen LogP contribution in [0.4, 0.5) is 11.4 Å². The van der Waals surface area contributed by atoms with E-state index in [9.17, 15) is 0 Å². The van der Waals surface area contributed by atoms with Crippen LogP contribution in [-0.4, -0.2) is 13.2 Å². The Bertz CT molecular complexity index is 578. The molecule has 20 heavy (non-hydrogen) atoms. The van der Waals surface area contributed by atoms with Crippen LogP contribution in [0.1, 0.15) is 24.9 Å². The van der Waals surface area contributed by atoms with E-state index in [-0.39, 0.29) is 6.04 Å². The fraction of sp³-hybridized carbons (Fsp3) is 0.294. The second-order valence-corrected chi connectivity index (χ2v) is 5.20. The Balaban J connectivity index is 1.97. The predicted octanol–water partition coefficient (Wildman–Crippen LogP) is 3.63. The molecule has 3 rings (SSSR count). The van der Waals surface area contributed by atoms with E-state index in [1.807, 2.05) is 19.1 Å². The van der Waals surface area contributed by atoms with E-state index in [0.717, 1.165) is 36.6 Å². The van der Waals surface area contributed by atoms with Gasteiger partial charge in [-0.15, -0.1) is 0 Å². The largest absolute Gasteiger partial charge is 0.491 e. The van der Waals surface area contributed by atoms with Gasteiger partial charge in [-0.1, -0.05) is 24.3 Å². The monoisotopic (exact) mass is 268 g/mol. The van der Waals surface area contributed by atoms with Crippen LogP contribution in [0.25, 0.3) is 0 Å². The van der Waals surface area contributed by atoms with Crippen LogP contribution >= 0.6 is 0 Å². The molecule has 0 aromatic heterocycles. The minimum absolute atomic E-state index is 0.0730. The molecule has 0 spiro atoms. The highest BCUT2D eigenvalue weighted by molar-refractivity contribution is 5.69. The number of nitrogens with zero attached hydrogens (tertiary/aromatic N) is 1. The van der Waals surface area contributed by atoms with Crippen LogP contribution in [0.2, 0.25) is 0 Å². The van der Waals surface area contributed by atoms with Gasteiger partial charge in [-0.3, -0.25) is 0 Å². The number of anilines is 2. The molecule has 1 heterocycles. The number of fused-ring (bicyclic) bond motifs is 1. The first-order valence-corrected chi connectivity index (χ1v) is 7.10. The van der Waals surface area contributed by atoms with E-state index < -0.39 is 0 Å². The maximum Gasteiger partial charge on any atom is 0.142 e. The summed E-state index contributed by atoms with van der Waals surface area (Å²) in [7, 11) is 0. The number of para-hydroxylation sites is 2. The highest BCUT2D eigenvalue weighted by Crippen LogP contribution is 2.35. The molecular weight excluding hydrogens is 248 g/mol. The van der Waals surface area contributed by atoms with Gasteiger partial charge in [0.1, 0.15) is 5.75 Å². The van der Waals surface area contributed by atoms with E-state index in [1.54, 1.807) is 0 Å². The molecule has 2 N–H and O–H groups in total. The molecular formula is C17H20N2O. The van der Waals surface area contributed by atoms with Crippen LogP contribution in [0.5, 0.6) is 5.75 Å². The third-order valence-electron chi connectivity index (χ3n) is 3.67. The SMILES string of the molecule is C[C@H](N)c1ccc(N2CCCOc3ccccc32)cc1. The summed E-state index contributed by atoms with van der Waals surface area (Å²) in [6.07, 6.45) is 1.02. The predicted molar refractivity (Wildman–Crippen MR) is 82.6 cm³/mol. The van der Waals surface area contributed by atoms with Crippen molar-refractivity contribution in [1.29, 1.82) is 0 Å². The minimum atomic E-state index is 0.0730. The van der Waals surface area contributed by atoms with E-state index in [4.69, 9.17) is 10.5 Å². The van der Waals surface area contributed by atoms with E-state index in [1.165, 1.54) is 5.69 Å². The van der Waals surface area contributed by atoms with Crippen molar-refractivity contribution in [1.82, 2.24) is 0 Å². The minimum Gasteiger partial charge on any atom is -0.491 e. The lowest BCUT2D eigenvalue weighted by atomic mass is 10.1. The molecule has 0 unspecified atom stereocenters. The lowest BCUT2D eigenvalue weighted by molar-refractivity contribution is 0.322. The Morgan fingerprint density at radius 1 is 1.10 bits per heavy atom. The Kier molecular flexibility index (Phi) is 3.61. The average molecular weight is 268 g/mol. The second kappa shape index (κ2) is 5.55. The van der Waals surface area contributed by atoms with Crippen molar-refractivity contribution in [2.45, 2.75) is 19.4 Å². The summed E-state index contributed by atoms with van der Waals surface area (Å²) in [4.78, 5) is 2.31. The Labute approximate surface area is 120 Å². The molecule has 3 nitrogen and oxygen atoms in total. The van der Waals surface area contributed by atoms with Crippen molar-refractivity contribution < 1.29 is 4.74 Å². The zero-order chi connectivity index (χ0) is 13.9. The van der Waals surface area contributed by atoms with Crippen molar-refractivity contribution in [3.8, 4) is 5.75 Å². The van der Waals surface area contributed by atoms with Gasteiger partial charge >= 0.3 is 0 Å². The van der Waals surface area contributed by atoms with Crippen molar-refractivity contribution in [2.24, 2.45) is 5.73 Å². The van der Waals surface area contributed by atoms with Crippen LogP contribution in [-0.2, 0) is 0 Å². The Morgan fingerprint density at radius 2 is 1.85 bits per heavy atom. The molecule has 0 radical (unpaired) electrons. The highest BCUT2D eigenvalue weighted by atomic mass is 16.5. The number of hydrogen-bond donors (Lipinski definition) is 1. The lowest BCUT2D eigenvalue weighted by Crippen LogP contribution is -2.17. The first-order chi connectivity index (χ1) is 9.75. The van der Waals surface area contributed by atoms with Gasteiger partial charge in [0.15, 0.2) is 0 Å². The third kappa shape index (κ3) is 2.49. The topological polar surface area (TPSA) is 38.5 Å². The van der Waals surface area contributed by atoms with Gasteiger partial charge in [-0.25, -0.2) is 0 Å². The van der Waals surface area contributed by atoms with Gasteiger partial charge in [-0.05, 0) is 43.2 Å². The summed E-state index contributed by atoms with van der Waals surface area (Å²) in [6, 6.07) is 16.8.